The molecule has 7 heteroatoms. The normalized spacial score (nSPS) is 28.9. The summed E-state index contributed by atoms with van der Waals surface area (Å²) in [5, 5.41) is 11.8. The van der Waals surface area contributed by atoms with Crippen molar-refractivity contribution < 1.29 is 24.2 Å². The summed E-state index contributed by atoms with van der Waals surface area (Å²) in [6.45, 7) is 1.38. The Morgan fingerprint density at radius 1 is 1.38 bits per heavy atom. The minimum absolute atomic E-state index is 0.0259. The number of carboxylic acid groups (broad SMARTS) is 1. The highest BCUT2D eigenvalue weighted by atomic mass is 16.5. The predicted molar refractivity (Wildman–Crippen MR) is 73.5 cm³/mol. The lowest BCUT2D eigenvalue weighted by Gasteiger charge is -2.17. The lowest BCUT2D eigenvalue weighted by Crippen LogP contribution is -2.39. The Bertz CT molecular complexity index is 426. The van der Waals surface area contributed by atoms with Crippen LogP contribution in [0.25, 0.3) is 0 Å². The number of hydrogen-bond donors (Lipinski definition) is 2. The van der Waals surface area contributed by atoms with Gasteiger partial charge in [-0.2, -0.15) is 0 Å². The van der Waals surface area contributed by atoms with E-state index < -0.39 is 5.97 Å². The van der Waals surface area contributed by atoms with Crippen molar-refractivity contribution in [3.8, 4) is 0 Å². The number of methoxy groups -OCH3 is 1. The maximum absolute atomic E-state index is 12.2. The summed E-state index contributed by atoms with van der Waals surface area (Å²) < 4.78 is 4.94. The molecular formula is C14H22N2O5. The zero-order valence-electron chi connectivity index (χ0n) is 12.2. The van der Waals surface area contributed by atoms with E-state index in [2.05, 4.69) is 5.32 Å². The zero-order valence-corrected chi connectivity index (χ0v) is 12.2. The van der Waals surface area contributed by atoms with E-state index in [0.29, 0.717) is 39.0 Å². The molecule has 1 saturated heterocycles. The van der Waals surface area contributed by atoms with Gasteiger partial charge >= 0.3 is 5.97 Å². The van der Waals surface area contributed by atoms with Gasteiger partial charge in [0.15, 0.2) is 0 Å². The molecule has 3 atom stereocenters. The predicted octanol–water partition coefficient (Wildman–Crippen LogP) is -0.149. The van der Waals surface area contributed by atoms with Crippen LogP contribution in [0.5, 0.6) is 0 Å². The molecule has 0 radical (unpaired) electrons. The molecule has 0 aromatic rings. The third-order valence-electron chi connectivity index (χ3n) is 4.28. The van der Waals surface area contributed by atoms with Crippen molar-refractivity contribution in [1.29, 1.82) is 0 Å². The summed E-state index contributed by atoms with van der Waals surface area (Å²) in [5.74, 6) is -1.66. The van der Waals surface area contributed by atoms with Crippen LogP contribution in [0.2, 0.25) is 0 Å². The molecule has 118 valence electrons. The summed E-state index contributed by atoms with van der Waals surface area (Å²) in [6, 6.07) is -0.0817. The minimum Gasteiger partial charge on any atom is -0.481 e. The molecule has 0 spiro atoms. The van der Waals surface area contributed by atoms with E-state index in [-0.39, 0.29) is 36.1 Å². The van der Waals surface area contributed by atoms with Gasteiger partial charge in [-0.05, 0) is 19.3 Å². The lowest BCUT2D eigenvalue weighted by atomic mass is 10.1. The number of hydrogen-bond acceptors (Lipinski definition) is 4. The van der Waals surface area contributed by atoms with E-state index >= 15 is 0 Å². The lowest BCUT2D eigenvalue weighted by molar-refractivity contribution is -0.141. The second-order valence-corrected chi connectivity index (χ2v) is 5.79. The Labute approximate surface area is 123 Å². The number of likely N-dealkylation sites (tertiary alicyclic amines) is 1. The van der Waals surface area contributed by atoms with Gasteiger partial charge in [0.2, 0.25) is 11.8 Å². The van der Waals surface area contributed by atoms with Crippen LogP contribution in [0.1, 0.15) is 25.7 Å². The summed E-state index contributed by atoms with van der Waals surface area (Å²) >= 11 is 0. The van der Waals surface area contributed by atoms with Crippen LogP contribution < -0.4 is 5.32 Å². The first kappa shape index (κ1) is 15.8. The van der Waals surface area contributed by atoms with Crippen LogP contribution in [-0.4, -0.2) is 60.6 Å². The van der Waals surface area contributed by atoms with Crippen LogP contribution in [0.4, 0.5) is 0 Å². The monoisotopic (exact) mass is 298 g/mol. The molecule has 1 aliphatic carbocycles. The first-order chi connectivity index (χ1) is 10.0. The molecule has 2 N–H and O–H groups in total. The van der Waals surface area contributed by atoms with Gasteiger partial charge in [-0.1, -0.05) is 0 Å². The summed E-state index contributed by atoms with van der Waals surface area (Å²) in [5.41, 5.74) is 0. The van der Waals surface area contributed by atoms with Gasteiger partial charge < -0.3 is 20.1 Å². The van der Waals surface area contributed by atoms with Crippen molar-refractivity contribution >= 4 is 17.8 Å². The number of rotatable bonds is 6. The maximum Gasteiger partial charge on any atom is 0.306 e. The number of aliphatic carboxylic acids is 1. The largest absolute Gasteiger partial charge is 0.481 e. The molecule has 7 nitrogen and oxygen atoms in total. The van der Waals surface area contributed by atoms with Crippen molar-refractivity contribution in [2.45, 2.75) is 31.7 Å². The van der Waals surface area contributed by atoms with Crippen molar-refractivity contribution in [3.63, 3.8) is 0 Å². The van der Waals surface area contributed by atoms with E-state index in [1.165, 1.54) is 0 Å². The molecule has 0 aromatic heterocycles. The molecule has 1 heterocycles. The van der Waals surface area contributed by atoms with E-state index in [1.54, 1.807) is 12.0 Å². The molecular weight excluding hydrogens is 276 g/mol. The number of nitrogens with zero attached hydrogens (tertiary/aromatic N) is 1. The highest BCUT2D eigenvalue weighted by Crippen LogP contribution is 2.26. The quantitative estimate of drug-likeness (QED) is 0.711. The maximum atomic E-state index is 12.2. The van der Waals surface area contributed by atoms with E-state index in [9.17, 15) is 14.4 Å². The van der Waals surface area contributed by atoms with Gasteiger partial charge in [0.1, 0.15) is 0 Å². The van der Waals surface area contributed by atoms with Gasteiger partial charge in [0.05, 0.1) is 18.4 Å². The molecule has 1 saturated carbocycles. The molecule has 21 heavy (non-hydrogen) atoms. The van der Waals surface area contributed by atoms with Gasteiger partial charge in [-0.15, -0.1) is 0 Å². The fourth-order valence-electron chi connectivity index (χ4n) is 3.02. The highest BCUT2D eigenvalue weighted by molar-refractivity contribution is 5.89. The SMILES string of the molecule is COCCN1CC(C(=O)N[C@H]2CC[C@@H](C(=O)O)C2)CC1=O. The fourth-order valence-corrected chi connectivity index (χ4v) is 3.02. The topological polar surface area (TPSA) is 95.9 Å². The van der Waals surface area contributed by atoms with Crippen LogP contribution in [0.3, 0.4) is 0 Å². The van der Waals surface area contributed by atoms with Crippen molar-refractivity contribution in [2.75, 3.05) is 26.8 Å². The van der Waals surface area contributed by atoms with Gasteiger partial charge in [0, 0.05) is 32.7 Å². The van der Waals surface area contributed by atoms with Gasteiger partial charge in [0.25, 0.3) is 0 Å². The summed E-state index contributed by atoms with van der Waals surface area (Å²) in [4.78, 5) is 36.5. The molecule has 2 aliphatic rings. The van der Waals surface area contributed by atoms with Crippen LogP contribution in [-0.2, 0) is 19.1 Å². The van der Waals surface area contributed by atoms with Crippen molar-refractivity contribution in [2.24, 2.45) is 11.8 Å². The van der Waals surface area contributed by atoms with E-state index in [0.717, 1.165) is 0 Å². The third kappa shape index (κ3) is 3.93. The van der Waals surface area contributed by atoms with E-state index in [1.807, 2.05) is 0 Å². The Morgan fingerprint density at radius 2 is 2.14 bits per heavy atom. The molecule has 1 unspecified atom stereocenters. The Morgan fingerprint density at radius 3 is 2.76 bits per heavy atom. The zero-order chi connectivity index (χ0) is 15.4. The van der Waals surface area contributed by atoms with Gasteiger partial charge in [-0.25, -0.2) is 0 Å². The fraction of sp³-hybridized carbons (Fsp3) is 0.786. The van der Waals surface area contributed by atoms with Crippen LogP contribution in [0, 0.1) is 11.8 Å². The Kier molecular flexibility index (Phi) is 5.17. The Hall–Kier alpha value is -1.63. The first-order valence-electron chi connectivity index (χ1n) is 7.31. The Balaban J connectivity index is 1.79. The average Bonchev–Trinajstić information content (AvgIpc) is 3.03. The molecule has 2 fully saturated rings. The number of carbonyl (C=O) groups is 3. The second kappa shape index (κ2) is 6.89. The molecule has 2 rings (SSSR count). The average molecular weight is 298 g/mol. The standard InChI is InChI=1S/C14H22N2O5/c1-21-5-4-16-8-10(7-12(16)17)13(18)15-11-3-2-9(6-11)14(19)20/h9-11H,2-8H2,1H3,(H,15,18)(H,19,20)/t9-,10?,11+/m1/s1. The number of carboxylic acids is 1. The number of amides is 2. The highest BCUT2D eigenvalue weighted by Gasteiger charge is 2.36. The smallest absolute Gasteiger partial charge is 0.306 e. The first-order valence-corrected chi connectivity index (χ1v) is 7.31. The summed E-state index contributed by atoms with van der Waals surface area (Å²) in [6.07, 6.45) is 2.00. The number of ether oxygens (including phenoxy) is 1. The second-order valence-electron chi connectivity index (χ2n) is 5.79. The van der Waals surface area contributed by atoms with E-state index in [4.69, 9.17) is 9.84 Å². The number of nitrogens with one attached hydrogen (secondary N) is 1. The number of carbonyl (C=O) groups excluding carboxylic acids is 2. The van der Waals surface area contributed by atoms with Crippen LogP contribution in [0.15, 0.2) is 0 Å². The minimum atomic E-state index is -0.798. The van der Waals surface area contributed by atoms with Crippen molar-refractivity contribution in [3.05, 3.63) is 0 Å². The molecule has 1 aliphatic heterocycles. The van der Waals surface area contributed by atoms with Crippen molar-refractivity contribution in [1.82, 2.24) is 10.2 Å². The third-order valence-corrected chi connectivity index (χ3v) is 4.28. The molecule has 0 bridgehead atoms. The van der Waals surface area contributed by atoms with Crippen LogP contribution >= 0.6 is 0 Å². The molecule has 2 amide bonds. The summed E-state index contributed by atoms with van der Waals surface area (Å²) in [7, 11) is 1.57. The van der Waals surface area contributed by atoms with Gasteiger partial charge in [-0.3, -0.25) is 14.4 Å². The molecule has 0 aromatic carbocycles.